The molecule has 92 valence electrons. The molecule has 0 radical (unpaired) electrons. The second-order valence-electron chi connectivity index (χ2n) is 4.64. The molecule has 0 aromatic heterocycles. The number of carbonyl (C=O) groups is 1. The van der Waals surface area contributed by atoms with Crippen LogP contribution < -0.4 is 9.47 Å². The van der Waals surface area contributed by atoms with Crippen molar-refractivity contribution in [3.63, 3.8) is 0 Å². The molecule has 3 nitrogen and oxygen atoms in total. The van der Waals surface area contributed by atoms with Crippen molar-refractivity contribution in [3.05, 3.63) is 23.3 Å². The lowest BCUT2D eigenvalue weighted by atomic mass is 10.0. The van der Waals surface area contributed by atoms with Crippen molar-refractivity contribution in [1.29, 1.82) is 0 Å². The van der Waals surface area contributed by atoms with Crippen LogP contribution in [0.15, 0.2) is 12.1 Å². The Morgan fingerprint density at radius 3 is 2.47 bits per heavy atom. The topological polar surface area (TPSA) is 35.5 Å². The summed E-state index contributed by atoms with van der Waals surface area (Å²) in [4.78, 5) is 12.1. The number of methoxy groups -OCH3 is 2. The van der Waals surface area contributed by atoms with Gasteiger partial charge in [0.05, 0.1) is 14.2 Å². The van der Waals surface area contributed by atoms with Gasteiger partial charge in [-0.3, -0.25) is 4.79 Å². The summed E-state index contributed by atoms with van der Waals surface area (Å²) < 4.78 is 10.5. The first-order valence-corrected chi connectivity index (χ1v) is 5.93. The van der Waals surface area contributed by atoms with Gasteiger partial charge in [-0.15, -0.1) is 0 Å². The van der Waals surface area contributed by atoms with E-state index in [2.05, 4.69) is 6.92 Å². The third-order valence-electron chi connectivity index (χ3n) is 3.35. The molecular weight excluding hydrogens is 216 g/mol. The van der Waals surface area contributed by atoms with Gasteiger partial charge >= 0.3 is 0 Å². The van der Waals surface area contributed by atoms with E-state index in [-0.39, 0.29) is 5.78 Å². The summed E-state index contributed by atoms with van der Waals surface area (Å²) in [7, 11) is 3.21. The molecule has 0 amide bonds. The van der Waals surface area contributed by atoms with Gasteiger partial charge in [0.2, 0.25) is 0 Å². The highest BCUT2D eigenvalue weighted by atomic mass is 16.5. The maximum atomic E-state index is 12.1. The van der Waals surface area contributed by atoms with Gasteiger partial charge in [0.15, 0.2) is 17.3 Å². The normalized spacial score (nSPS) is 19.5. The second-order valence-corrected chi connectivity index (χ2v) is 4.64. The standard InChI is InChI=1S/C14H18O3/c1-9-4-5-10-7-13(16-2)14(17-3)8-11(10)12(15)6-9/h7-9H,4-6H2,1-3H3. The predicted octanol–water partition coefficient (Wildman–Crippen LogP) is 2.86. The summed E-state index contributed by atoms with van der Waals surface area (Å²) >= 11 is 0. The van der Waals surface area contributed by atoms with Crippen LogP contribution in [0.1, 0.15) is 35.7 Å². The van der Waals surface area contributed by atoms with Crippen molar-refractivity contribution in [2.24, 2.45) is 5.92 Å². The molecule has 17 heavy (non-hydrogen) atoms. The maximum absolute atomic E-state index is 12.1. The number of ether oxygens (including phenoxy) is 2. The van der Waals surface area contributed by atoms with E-state index in [9.17, 15) is 4.79 Å². The molecule has 1 aliphatic rings. The summed E-state index contributed by atoms with van der Waals surface area (Å²) in [5, 5.41) is 0. The van der Waals surface area contributed by atoms with Gasteiger partial charge in [-0.05, 0) is 36.5 Å². The van der Waals surface area contributed by atoms with Crippen LogP contribution in [0.2, 0.25) is 0 Å². The van der Waals surface area contributed by atoms with Crippen molar-refractivity contribution in [1.82, 2.24) is 0 Å². The largest absolute Gasteiger partial charge is 0.493 e. The van der Waals surface area contributed by atoms with E-state index in [1.54, 1.807) is 14.2 Å². The van der Waals surface area contributed by atoms with Gasteiger partial charge in [0.1, 0.15) is 0 Å². The van der Waals surface area contributed by atoms with Crippen molar-refractivity contribution in [3.8, 4) is 11.5 Å². The summed E-state index contributed by atoms with van der Waals surface area (Å²) in [6.07, 6.45) is 2.61. The van der Waals surface area contributed by atoms with E-state index < -0.39 is 0 Å². The van der Waals surface area contributed by atoms with Crippen LogP contribution in [0.25, 0.3) is 0 Å². The lowest BCUT2D eigenvalue weighted by molar-refractivity contribution is 0.0967. The third-order valence-corrected chi connectivity index (χ3v) is 3.35. The number of benzene rings is 1. The number of hydrogen-bond acceptors (Lipinski definition) is 3. The molecule has 1 aromatic rings. The van der Waals surface area contributed by atoms with Crippen molar-refractivity contribution in [2.45, 2.75) is 26.2 Å². The van der Waals surface area contributed by atoms with Gasteiger partial charge in [0.25, 0.3) is 0 Å². The smallest absolute Gasteiger partial charge is 0.163 e. The Kier molecular flexibility index (Phi) is 3.36. The Bertz CT molecular complexity index is 437. The number of aryl methyl sites for hydroxylation is 1. The quantitative estimate of drug-likeness (QED) is 0.738. The molecule has 0 bridgehead atoms. The van der Waals surface area contributed by atoms with Gasteiger partial charge in [-0.25, -0.2) is 0 Å². The van der Waals surface area contributed by atoms with Crippen LogP contribution in [0, 0.1) is 5.92 Å². The minimum absolute atomic E-state index is 0.214. The number of rotatable bonds is 2. The zero-order chi connectivity index (χ0) is 12.4. The minimum atomic E-state index is 0.214. The monoisotopic (exact) mass is 234 g/mol. The second kappa shape index (κ2) is 4.78. The highest BCUT2D eigenvalue weighted by Crippen LogP contribution is 2.34. The Morgan fingerprint density at radius 2 is 1.82 bits per heavy atom. The highest BCUT2D eigenvalue weighted by molar-refractivity contribution is 5.98. The number of carbonyl (C=O) groups excluding carboxylic acids is 1. The minimum Gasteiger partial charge on any atom is -0.493 e. The van der Waals surface area contributed by atoms with E-state index in [4.69, 9.17) is 9.47 Å². The molecule has 1 aromatic carbocycles. The van der Waals surface area contributed by atoms with E-state index >= 15 is 0 Å². The molecule has 1 unspecified atom stereocenters. The molecule has 0 N–H and O–H groups in total. The Labute approximate surface area is 102 Å². The van der Waals surface area contributed by atoms with Gasteiger partial charge in [0, 0.05) is 12.0 Å². The molecule has 0 saturated carbocycles. The van der Waals surface area contributed by atoms with Crippen molar-refractivity contribution in [2.75, 3.05) is 14.2 Å². The average Bonchev–Trinajstić information content (AvgIpc) is 2.47. The Hall–Kier alpha value is -1.51. The van der Waals surface area contributed by atoms with E-state index in [0.29, 0.717) is 23.8 Å². The fourth-order valence-corrected chi connectivity index (χ4v) is 2.32. The number of fused-ring (bicyclic) bond motifs is 1. The van der Waals surface area contributed by atoms with Crippen LogP contribution in [0.5, 0.6) is 11.5 Å². The molecule has 0 aliphatic heterocycles. The average molecular weight is 234 g/mol. The SMILES string of the molecule is COc1cc2c(cc1OC)C(=O)CC(C)CC2. The first-order chi connectivity index (χ1) is 8.15. The fourth-order valence-electron chi connectivity index (χ4n) is 2.32. The number of ketones is 1. The summed E-state index contributed by atoms with van der Waals surface area (Å²) in [6, 6.07) is 3.75. The molecule has 0 fully saturated rings. The molecule has 2 rings (SSSR count). The zero-order valence-corrected chi connectivity index (χ0v) is 10.6. The summed E-state index contributed by atoms with van der Waals surface area (Å²) in [5.74, 6) is 2.00. The lowest BCUT2D eigenvalue weighted by Crippen LogP contribution is -2.04. The zero-order valence-electron chi connectivity index (χ0n) is 10.6. The van der Waals surface area contributed by atoms with Crippen LogP contribution >= 0.6 is 0 Å². The molecule has 1 atom stereocenters. The lowest BCUT2D eigenvalue weighted by Gasteiger charge is -2.12. The Balaban J connectivity index is 2.49. The van der Waals surface area contributed by atoms with E-state index in [0.717, 1.165) is 24.0 Å². The fraction of sp³-hybridized carbons (Fsp3) is 0.500. The molecule has 0 saturated heterocycles. The molecular formula is C14H18O3. The van der Waals surface area contributed by atoms with Crippen molar-refractivity contribution < 1.29 is 14.3 Å². The van der Waals surface area contributed by atoms with Gasteiger partial charge in [-0.1, -0.05) is 6.92 Å². The van der Waals surface area contributed by atoms with Gasteiger partial charge in [-0.2, -0.15) is 0 Å². The molecule has 3 heteroatoms. The summed E-state index contributed by atoms with van der Waals surface area (Å²) in [6.45, 7) is 2.12. The highest BCUT2D eigenvalue weighted by Gasteiger charge is 2.22. The Morgan fingerprint density at radius 1 is 1.18 bits per heavy atom. The first-order valence-electron chi connectivity index (χ1n) is 5.93. The third kappa shape index (κ3) is 2.28. The molecule has 0 heterocycles. The maximum Gasteiger partial charge on any atom is 0.163 e. The van der Waals surface area contributed by atoms with Crippen LogP contribution in [0.3, 0.4) is 0 Å². The predicted molar refractivity (Wildman–Crippen MR) is 66.0 cm³/mol. The number of hydrogen-bond donors (Lipinski definition) is 0. The van der Waals surface area contributed by atoms with Crippen LogP contribution in [-0.4, -0.2) is 20.0 Å². The van der Waals surface area contributed by atoms with Crippen molar-refractivity contribution >= 4 is 5.78 Å². The first kappa shape index (κ1) is 12.0. The van der Waals surface area contributed by atoms with E-state index in [1.807, 2.05) is 12.1 Å². The van der Waals surface area contributed by atoms with Gasteiger partial charge < -0.3 is 9.47 Å². The molecule has 0 spiro atoms. The van der Waals surface area contributed by atoms with Crippen LogP contribution in [-0.2, 0) is 6.42 Å². The van der Waals surface area contributed by atoms with Crippen LogP contribution in [0.4, 0.5) is 0 Å². The van der Waals surface area contributed by atoms with E-state index in [1.165, 1.54) is 0 Å². The summed E-state index contributed by atoms with van der Waals surface area (Å²) in [5.41, 5.74) is 1.88. The number of Topliss-reactive ketones (excluding diaryl/α,β-unsaturated/α-hetero) is 1. The molecule has 1 aliphatic carbocycles.